The highest BCUT2D eigenvalue weighted by Crippen LogP contribution is 2.03. The fourth-order valence-electron chi connectivity index (χ4n) is 1.11. The molecule has 5 heteroatoms. The molecule has 5 nitrogen and oxygen atoms in total. The van der Waals surface area contributed by atoms with Gasteiger partial charge in [-0.1, -0.05) is 6.92 Å². The van der Waals surface area contributed by atoms with E-state index in [1.807, 2.05) is 13.8 Å². The van der Waals surface area contributed by atoms with Crippen molar-refractivity contribution in [1.82, 2.24) is 10.6 Å². The summed E-state index contributed by atoms with van der Waals surface area (Å²) < 4.78 is 4.63. The molecule has 0 heterocycles. The van der Waals surface area contributed by atoms with Gasteiger partial charge in [-0.05, 0) is 6.92 Å². The number of carbonyl (C=O) groups is 2. The molecule has 2 atom stereocenters. The highest BCUT2D eigenvalue weighted by molar-refractivity contribution is 5.73. The first-order chi connectivity index (χ1) is 6.99. The van der Waals surface area contributed by atoms with E-state index in [0.29, 0.717) is 13.1 Å². The van der Waals surface area contributed by atoms with Gasteiger partial charge in [0.05, 0.1) is 13.0 Å². The van der Waals surface area contributed by atoms with Crippen LogP contribution in [0.4, 0.5) is 0 Å². The van der Waals surface area contributed by atoms with Crippen LogP contribution in [0.1, 0.15) is 20.8 Å². The molecule has 0 saturated carbocycles. The molecule has 0 radical (unpaired) electrons. The molecule has 0 aromatic carbocycles. The van der Waals surface area contributed by atoms with Crippen LogP contribution in [0.25, 0.3) is 0 Å². The van der Waals surface area contributed by atoms with E-state index >= 15 is 0 Å². The molecule has 0 spiro atoms. The van der Waals surface area contributed by atoms with Crippen LogP contribution in [-0.4, -0.2) is 38.1 Å². The third-order valence-corrected chi connectivity index (χ3v) is 2.29. The Kier molecular flexibility index (Phi) is 6.70. The highest BCUT2D eigenvalue weighted by atomic mass is 16.5. The van der Waals surface area contributed by atoms with Crippen molar-refractivity contribution < 1.29 is 14.3 Å². The van der Waals surface area contributed by atoms with Crippen LogP contribution in [-0.2, 0) is 14.3 Å². The Hall–Kier alpha value is -1.10. The van der Waals surface area contributed by atoms with E-state index in [1.54, 1.807) is 0 Å². The Balaban J connectivity index is 3.68. The number of nitrogens with one attached hydrogen (secondary N) is 2. The second-order valence-electron chi connectivity index (χ2n) is 3.54. The van der Waals surface area contributed by atoms with Crippen LogP contribution < -0.4 is 10.6 Å². The summed E-state index contributed by atoms with van der Waals surface area (Å²) in [6.07, 6.45) is 0. The molecule has 15 heavy (non-hydrogen) atoms. The SMILES string of the molecule is COC(=O)C(C)C(C)NCCNC(C)=O. The molecule has 0 aliphatic rings. The number of ether oxygens (including phenoxy) is 1. The fraction of sp³-hybridized carbons (Fsp3) is 0.800. The minimum atomic E-state index is -0.227. The number of methoxy groups -OCH3 is 1. The van der Waals surface area contributed by atoms with Gasteiger partial charge in [0.2, 0.25) is 5.91 Å². The van der Waals surface area contributed by atoms with Gasteiger partial charge in [0, 0.05) is 26.1 Å². The summed E-state index contributed by atoms with van der Waals surface area (Å²) in [7, 11) is 1.38. The maximum atomic E-state index is 11.2. The van der Waals surface area contributed by atoms with Gasteiger partial charge in [0.1, 0.15) is 0 Å². The van der Waals surface area contributed by atoms with Crippen LogP contribution in [0.3, 0.4) is 0 Å². The van der Waals surface area contributed by atoms with Crippen molar-refractivity contribution in [3.63, 3.8) is 0 Å². The zero-order valence-corrected chi connectivity index (χ0v) is 9.79. The van der Waals surface area contributed by atoms with E-state index in [2.05, 4.69) is 15.4 Å². The topological polar surface area (TPSA) is 67.4 Å². The number of hydrogen-bond donors (Lipinski definition) is 2. The zero-order valence-electron chi connectivity index (χ0n) is 9.79. The monoisotopic (exact) mass is 216 g/mol. The van der Waals surface area contributed by atoms with E-state index in [4.69, 9.17) is 0 Å². The van der Waals surface area contributed by atoms with E-state index < -0.39 is 0 Å². The Morgan fingerprint density at radius 3 is 2.33 bits per heavy atom. The van der Waals surface area contributed by atoms with Gasteiger partial charge in [-0.3, -0.25) is 9.59 Å². The number of hydrogen-bond acceptors (Lipinski definition) is 4. The Labute approximate surface area is 90.6 Å². The average Bonchev–Trinajstić information content (AvgIpc) is 2.21. The van der Waals surface area contributed by atoms with Crippen molar-refractivity contribution in [3.8, 4) is 0 Å². The van der Waals surface area contributed by atoms with Gasteiger partial charge in [-0.2, -0.15) is 0 Å². The molecule has 0 rings (SSSR count). The minimum absolute atomic E-state index is 0.0335. The summed E-state index contributed by atoms with van der Waals surface area (Å²) in [5, 5.41) is 5.80. The molecule has 0 fully saturated rings. The summed E-state index contributed by atoms with van der Waals surface area (Å²) in [5.74, 6) is -0.465. The number of esters is 1. The lowest BCUT2D eigenvalue weighted by Crippen LogP contribution is -2.40. The van der Waals surface area contributed by atoms with Crippen LogP contribution >= 0.6 is 0 Å². The first kappa shape index (κ1) is 13.9. The van der Waals surface area contributed by atoms with Crippen LogP contribution in [0.2, 0.25) is 0 Å². The maximum Gasteiger partial charge on any atom is 0.309 e. The number of carbonyl (C=O) groups excluding carboxylic acids is 2. The van der Waals surface area contributed by atoms with Gasteiger partial charge < -0.3 is 15.4 Å². The average molecular weight is 216 g/mol. The Morgan fingerprint density at radius 1 is 1.27 bits per heavy atom. The predicted molar refractivity (Wildman–Crippen MR) is 57.3 cm³/mol. The third-order valence-electron chi connectivity index (χ3n) is 2.29. The summed E-state index contributed by atoms with van der Waals surface area (Å²) in [4.78, 5) is 21.7. The van der Waals surface area contributed by atoms with Gasteiger partial charge in [-0.25, -0.2) is 0 Å². The predicted octanol–water partition coefficient (Wildman–Crippen LogP) is -0.0903. The molecule has 2 unspecified atom stereocenters. The standard InChI is InChI=1S/C10H20N2O3/c1-7(10(14)15-4)8(2)11-5-6-12-9(3)13/h7-8,11H,5-6H2,1-4H3,(H,12,13). The minimum Gasteiger partial charge on any atom is -0.469 e. The van der Waals surface area contributed by atoms with Crippen LogP contribution in [0, 0.1) is 5.92 Å². The molecule has 0 bridgehead atoms. The Morgan fingerprint density at radius 2 is 1.87 bits per heavy atom. The Bertz CT molecular complexity index is 219. The van der Waals surface area contributed by atoms with Crippen molar-refractivity contribution >= 4 is 11.9 Å². The lowest BCUT2D eigenvalue weighted by Gasteiger charge is -2.19. The van der Waals surface area contributed by atoms with Crippen molar-refractivity contribution in [3.05, 3.63) is 0 Å². The smallest absolute Gasteiger partial charge is 0.309 e. The van der Waals surface area contributed by atoms with Crippen LogP contribution in [0.15, 0.2) is 0 Å². The number of amides is 1. The second-order valence-corrected chi connectivity index (χ2v) is 3.54. The fourth-order valence-corrected chi connectivity index (χ4v) is 1.11. The van der Waals surface area contributed by atoms with Gasteiger partial charge >= 0.3 is 5.97 Å². The number of rotatable bonds is 6. The first-order valence-corrected chi connectivity index (χ1v) is 5.04. The van der Waals surface area contributed by atoms with Gasteiger partial charge in [0.15, 0.2) is 0 Å². The quantitative estimate of drug-likeness (QED) is 0.481. The van der Waals surface area contributed by atoms with E-state index in [1.165, 1.54) is 14.0 Å². The third kappa shape index (κ3) is 6.06. The molecule has 0 aliphatic heterocycles. The van der Waals surface area contributed by atoms with Crippen molar-refractivity contribution in [2.75, 3.05) is 20.2 Å². The normalized spacial score (nSPS) is 14.1. The lowest BCUT2D eigenvalue weighted by atomic mass is 10.0. The zero-order chi connectivity index (χ0) is 11.8. The molecule has 0 aromatic rings. The molecular formula is C10H20N2O3. The van der Waals surface area contributed by atoms with E-state index in [0.717, 1.165) is 0 Å². The molecule has 2 N–H and O–H groups in total. The molecule has 1 amide bonds. The van der Waals surface area contributed by atoms with Gasteiger partial charge in [0.25, 0.3) is 0 Å². The second kappa shape index (κ2) is 7.23. The molecule has 0 saturated heterocycles. The first-order valence-electron chi connectivity index (χ1n) is 5.04. The molecule has 88 valence electrons. The van der Waals surface area contributed by atoms with E-state index in [9.17, 15) is 9.59 Å². The molecule has 0 aromatic heterocycles. The summed E-state index contributed by atoms with van der Waals surface area (Å²) >= 11 is 0. The van der Waals surface area contributed by atoms with Crippen molar-refractivity contribution in [2.45, 2.75) is 26.8 Å². The van der Waals surface area contributed by atoms with Crippen molar-refractivity contribution in [2.24, 2.45) is 5.92 Å². The summed E-state index contributed by atoms with van der Waals surface area (Å²) in [6.45, 7) is 6.40. The highest BCUT2D eigenvalue weighted by Gasteiger charge is 2.19. The largest absolute Gasteiger partial charge is 0.469 e. The lowest BCUT2D eigenvalue weighted by molar-refractivity contribution is -0.145. The van der Waals surface area contributed by atoms with E-state index in [-0.39, 0.29) is 23.8 Å². The summed E-state index contributed by atoms with van der Waals surface area (Å²) in [5.41, 5.74) is 0. The molecular weight excluding hydrogens is 196 g/mol. The van der Waals surface area contributed by atoms with Crippen molar-refractivity contribution in [1.29, 1.82) is 0 Å². The van der Waals surface area contributed by atoms with Crippen LogP contribution in [0.5, 0.6) is 0 Å². The molecule has 0 aliphatic carbocycles. The summed E-state index contributed by atoms with van der Waals surface area (Å²) in [6, 6.07) is 0.0335. The van der Waals surface area contributed by atoms with Gasteiger partial charge in [-0.15, -0.1) is 0 Å². The maximum absolute atomic E-state index is 11.2.